The Morgan fingerprint density at radius 3 is 2.30 bits per heavy atom. The molecular formula is C28H27FN6O2. The van der Waals surface area contributed by atoms with Gasteiger partial charge in [0.15, 0.2) is 0 Å². The summed E-state index contributed by atoms with van der Waals surface area (Å²) in [6, 6.07) is 18.5. The number of primary amides is 1. The number of nitrogens with zero attached hydrogens (tertiary/aromatic N) is 2. The molecule has 0 radical (unpaired) electrons. The van der Waals surface area contributed by atoms with Crippen molar-refractivity contribution < 1.29 is 14.0 Å². The molecule has 0 bridgehead atoms. The highest BCUT2D eigenvalue weighted by Crippen LogP contribution is 2.27. The molecule has 4 aromatic rings. The molecule has 2 amide bonds. The third kappa shape index (κ3) is 5.02. The summed E-state index contributed by atoms with van der Waals surface area (Å²) in [5.41, 5.74) is 15.0. The maximum atomic E-state index is 14.4. The van der Waals surface area contributed by atoms with Gasteiger partial charge < -0.3 is 26.3 Å². The van der Waals surface area contributed by atoms with Crippen molar-refractivity contribution in [1.82, 2.24) is 4.57 Å². The van der Waals surface area contributed by atoms with Gasteiger partial charge in [-0.1, -0.05) is 24.3 Å². The lowest BCUT2D eigenvalue weighted by Crippen LogP contribution is -2.20. The van der Waals surface area contributed by atoms with E-state index in [1.165, 1.54) is 12.1 Å². The lowest BCUT2D eigenvalue weighted by Gasteiger charge is -2.19. The molecule has 2 heterocycles. The Morgan fingerprint density at radius 1 is 0.919 bits per heavy atom. The van der Waals surface area contributed by atoms with Gasteiger partial charge in [-0.3, -0.25) is 15.0 Å². The number of nitrogens with one attached hydrogen (secondary N) is 2. The number of aromatic nitrogens is 1. The molecule has 3 aromatic carbocycles. The molecule has 0 saturated carbocycles. The summed E-state index contributed by atoms with van der Waals surface area (Å²) in [4.78, 5) is 27.1. The van der Waals surface area contributed by atoms with E-state index in [4.69, 9.17) is 16.9 Å². The zero-order chi connectivity index (χ0) is 26.1. The van der Waals surface area contributed by atoms with Crippen LogP contribution < -0.4 is 21.7 Å². The Balaban J connectivity index is 1.52. The molecule has 0 aliphatic carbocycles. The van der Waals surface area contributed by atoms with E-state index >= 15 is 0 Å². The molecule has 5 rings (SSSR count). The van der Waals surface area contributed by atoms with Crippen LogP contribution in [0.3, 0.4) is 0 Å². The van der Waals surface area contributed by atoms with Gasteiger partial charge in [-0.2, -0.15) is 0 Å². The Bertz CT molecular complexity index is 1520. The van der Waals surface area contributed by atoms with Gasteiger partial charge in [0.2, 0.25) is 5.91 Å². The van der Waals surface area contributed by atoms with Crippen LogP contribution in [0.1, 0.15) is 44.8 Å². The lowest BCUT2D eigenvalue weighted by molar-refractivity contribution is 0.0997. The lowest BCUT2D eigenvalue weighted by atomic mass is 10.1. The Kier molecular flexibility index (Phi) is 6.35. The minimum absolute atomic E-state index is 0.0827. The fraction of sp³-hybridized carbons (Fsp3) is 0.179. The highest BCUT2D eigenvalue weighted by atomic mass is 19.1. The fourth-order valence-electron chi connectivity index (χ4n) is 4.74. The van der Waals surface area contributed by atoms with Gasteiger partial charge in [-0.05, 0) is 60.9 Å². The second kappa shape index (κ2) is 9.77. The molecule has 9 heteroatoms. The third-order valence-electron chi connectivity index (χ3n) is 6.64. The number of halogens is 1. The second-order valence-electron chi connectivity index (χ2n) is 9.21. The van der Waals surface area contributed by atoms with E-state index in [9.17, 15) is 14.0 Å². The molecule has 0 unspecified atom stereocenters. The largest absolute Gasteiger partial charge is 0.384 e. The maximum Gasteiger partial charge on any atom is 0.272 e. The topological polar surface area (TPSA) is 130 Å². The number of anilines is 2. The van der Waals surface area contributed by atoms with Crippen molar-refractivity contribution in [3.05, 3.63) is 94.9 Å². The molecule has 1 aromatic heterocycles. The van der Waals surface area contributed by atoms with E-state index in [1.54, 1.807) is 48.5 Å². The molecule has 0 spiro atoms. The van der Waals surface area contributed by atoms with Crippen molar-refractivity contribution in [2.45, 2.75) is 19.4 Å². The van der Waals surface area contributed by atoms with Gasteiger partial charge in [0, 0.05) is 53.0 Å². The SMILES string of the molecule is N=C(N)c1ccc2cc(C(=O)Nc3cc(F)cc(N4CCCC4)c3)n(Cc3ccc(C(N)=O)cc3)c2c1. The van der Waals surface area contributed by atoms with Crippen LogP contribution in [-0.2, 0) is 6.54 Å². The second-order valence-corrected chi connectivity index (χ2v) is 9.21. The summed E-state index contributed by atoms with van der Waals surface area (Å²) >= 11 is 0. The predicted molar refractivity (Wildman–Crippen MR) is 143 cm³/mol. The summed E-state index contributed by atoms with van der Waals surface area (Å²) in [5, 5.41) is 11.5. The van der Waals surface area contributed by atoms with Gasteiger partial charge in [0.05, 0.1) is 0 Å². The minimum atomic E-state index is -0.521. The number of fused-ring (bicyclic) bond motifs is 1. The van der Waals surface area contributed by atoms with Crippen LogP contribution in [0.15, 0.2) is 66.7 Å². The Morgan fingerprint density at radius 2 is 1.62 bits per heavy atom. The maximum absolute atomic E-state index is 14.4. The molecule has 188 valence electrons. The average Bonchev–Trinajstić information content (AvgIpc) is 3.52. The monoisotopic (exact) mass is 498 g/mol. The van der Waals surface area contributed by atoms with Gasteiger partial charge in [0.1, 0.15) is 17.3 Å². The summed E-state index contributed by atoms with van der Waals surface area (Å²) < 4.78 is 16.2. The van der Waals surface area contributed by atoms with Crippen LogP contribution >= 0.6 is 0 Å². The van der Waals surface area contributed by atoms with Gasteiger partial charge in [-0.15, -0.1) is 0 Å². The smallest absolute Gasteiger partial charge is 0.272 e. The number of hydrogen-bond donors (Lipinski definition) is 4. The van der Waals surface area contributed by atoms with E-state index in [2.05, 4.69) is 10.2 Å². The molecule has 37 heavy (non-hydrogen) atoms. The molecule has 8 nitrogen and oxygen atoms in total. The summed E-state index contributed by atoms with van der Waals surface area (Å²) in [5.74, 6) is -1.42. The van der Waals surface area contributed by atoms with Crippen molar-refractivity contribution in [3.8, 4) is 0 Å². The van der Waals surface area contributed by atoms with E-state index in [0.717, 1.165) is 42.6 Å². The number of carbonyl (C=O) groups excluding carboxylic acids is 2. The van der Waals surface area contributed by atoms with Crippen molar-refractivity contribution in [2.75, 3.05) is 23.3 Å². The molecule has 0 atom stereocenters. The van der Waals surface area contributed by atoms with Crippen LogP contribution in [0.25, 0.3) is 10.9 Å². The normalized spacial score (nSPS) is 13.2. The zero-order valence-electron chi connectivity index (χ0n) is 20.1. The first kappa shape index (κ1) is 24.1. The molecule has 1 saturated heterocycles. The molecule has 1 fully saturated rings. The van der Waals surface area contributed by atoms with Crippen molar-refractivity contribution in [1.29, 1.82) is 5.41 Å². The highest BCUT2D eigenvalue weighted by molar-refractivity contribution is 6.07. The first-order valence-corrected chi connectivity index (χ1v) is 12.0. The van der Waals surface area contributed by atoms with Crippen LogP contribution in [0.4, 0.5) is 15.8 Å². The van der Waals surface area contributed by atoms with E-state index in [0.29, 0.717) is 34.6 Å². The van der Waals surface area contributed by atoms with Crippen LogP contribution in [0, 0.1) is 11.2 Å². The zero-order valence-corrected chi connectivity index (χ0v) is 20.1. The number of hydrogen-bond acceptors (Lipinski definition) is 4. The average molecular weight is 499 g/mol. The standard InChI is InChI=1S/C28H27FN6O2/c29-21-13-22(15-23(14-21)34-9-1-2-10-34)33-28(37)25-11-19-7-8-20(26(30)31)12-24(19)35(25)16-17-3-5-18(6-4-17)27(32)36/h3-8,11-15H,1-2,9-10,16H2,(H3,30,31)(H2,32,36)(H,33,37). The quantitative estimate of drug-likeness (QED) is 0.226. The van der Waals surface area contributed by atoms with Gasteiger partial charge >= 0.3 is 0 Å². The van der Waals surface area contributed by atoms with Crippen molar-refractivity contribution in [2.24, 2.45) is 11.5 Å². The highest BCUT2D eigenvalue weighted by Gasteiger charge is 2.19. The van der Waals surface area contributed by atoms with Crippen molar-refractivity contribution in [3.63, 3.8) is 0 Å². The van der Waals surface area contributed by atoms with Gasteiger partial charge in [-0.25, -0.2) is 4.39 Å². The number of nitrogens with two attached hydrogens (primary N) is 2. The Labute approximate surface area is 213 Å². The van der Waals surface area contributed by atoms with E-state index in [1.807, 2.05) is 10.6 Å². The fourth-order valence-corrected chi connectivity index (χ4v) is 4.74. The molecule has 6 N–H and O–H groups in total. The molecule has 1 aliphatic rings. The number of amides is 2. The number of rotatable bonds is 7. The predicted octanol–water partition coefficient (Wildman–Crippen LogP) is 4.06. The number of benzene rings is 3. The van der Waals surface area contributed by atoms with E-state index < -0.39 is 17.6 Å². The van der Waals surface area contributed by atoms with Crippen LogP contribution in [0.5, 0.6) is 0 Å². The van der Waals surface area contributed by atoms with E-state index in [-0.39, 0.29) is 5.84 Å². The van der Waals surface area contributed by atoms with Crippen LogP contribution in [-0.4, -0.2) is 35.3 Å². The first-order valence-electron chi connectivity index (χ1n) is 12.0. The summed E-state index contributed by atoms with van der Waals surface area (Å²) in [6.07, 6.45) is 2.11. The minimum Gasteiger partial charge on any atom is -0.384 e. The van der Waals surface area contributed by atoms with Gasteiger partial charge in [0.25, 0.3) is 5.91 Å². The number of nitrogen functional groups attached to an aromatic ring is 1. The number of amidine groups is 1. The van der Waals surface area contributed by atoms with Crippen molar-refractivity contribution >= 4 is 39.9 Å². The molecular weight excluding hydrogens is 471 g/mol. The summed E-state index contributed by atoms with van der Waals surface area (Å²) in [6.45, 7) is 2.03. The number of carbonyl (C=O) groups is 2. The first-order chi connectivity index (χ1) is 17.8. The van der Waals surface area contributed by atoms with Crippen LogP contribution in [0.2, 0.25) is 0 Å². The third-order valence-corrected chi connectivity index (χ3v) is 6.64. The Hall–Kier alpha value is -4.66. The summed E-state index contributed by atoms with van der Waals surface area (Å²) in [7, 11) is 0. The molecule has 1 aliphatic heterocycles.